The van der Waals surface area contributed by atoms with E-state index < -0.39 is 11.8 Å². The number of anilines is 1. The van der Waals surface area contributed by atoms with Gasteiger partial charge in [0, 0.05) is 11.8 Å². The van der Waals surface area contributed by atoms with E-state index in [2.05, 4.69) is 9.97 Å². The summed E-state index contributed by atoms with van der Waals surface area (Å²) in [7, 11) is 0. The highest BCUT2D eigenvalue weighted by atomic mass is 19.1. The van der Waals surface area contributed by atoms with Crippen LogP contribution in [0, 0.1) is 18.6 Å². The summed E-state index contributed by atoms with van der Waals surface area (Å²) in [6.45, 7) is 1.66. The molecule has 124 valence electrons. The van der Waals surface area contributed by atoms with Crippen LogP contribution in [0.5, 0.6) is 0 Å². The zero-order chi connectivity index (χ0) is 17.9. The highest BCUT2D eigenvalue weighted by Gasteiger charge is 2.07. The van der Waals surface area contributed by atoms with Crippen LogP contribution in [0.2, 0.25) is 0 Å². The first-order valence-electron chi connectivity index (χ1n) is 6.72. The van der Waals surface area contributed by atoms with Gasteiger partial charge in [-0.2, -0.15) is 0 Å². The number of carbonyl (C=O) groups is 1. The summed E-state index contributed by atoms with van der Waals surface area (Å²) in [5.41, 5.74) is 5.22. The van der Waals surface area contributed by atoms with Crippen LogP contribution in [0.15, 0.2) is 41.2 Å². The highest BCUT2D eigenvalue weighted by Crippen LogP contribution is 2.12. The van der Waals surface area contributed by atoms with Gasteiger partial charge < -0.3 is 15.8 Å². The van der Waals surface area contributed by atoms with Crippen molar-refractivity contribution in [2.24, 2.45) is 0 Å². The number of aromatic amines is 1. The van der Waals surface area contributed by atoms with Crippen LogP contribution in [-0.2, 0) is 0 Å². The molecular formula is C16H13F2N3O3. The summed E-state index contributed by atoms with van der Waals surface area (Å²) in [5.74, 6) is -1.58. The fourth-order valence-electron chi connectivity index (χ4n) is 1.96. The number of aromatic carboxylic acids is 1. The van der Waals surface area contributed by atoms with Crippen LogP contribution in [-0.4, -0.2) is 21.0 Å². The smallest absolute Gasteiger partial charge is 0.337 e. The molecule has 3 rings (SSSR count). The summed E-state index contributed by atoms with van der Waals surface area (Å²) in [6.07, 6.45) is 0. The van der Waals surface area contributed by atoms with Gasteiger partial charge in [-0.05, 0) is 37.3 Å². The van der Waals surface area contributed by atoms with E-state index in [1.165, 1.54) is 18.2 Å². The average molecular weight is 333 g/mol. The lowest BCUT2D eigenvalue weighted by Crippen LogP contribution is -2.09. The quantitative estimate of drug-likeness (QED) is 0.593. The number of carboxylic acid groups (broad SMARTS) is 1. The third kappa shape index (κ3) is 3.92. The second-order valence-electron chi connectivity index (χ2n) is 4.85. The number of aryl methyl sites for hydroxylation is 1. The molecule has 2 aromatic carbocycles. The number of benzene rings is 2. The first-order valence-corrected chi connectivity index (χ1v) is 6.72. The molecule has 1 heterocycles. The molecule has 3 aromatic rings. The van der Waals surface area contributed by atoms with Crippen molar-refractivity contribution in [1.82, 2.24) is 9.97 Å². The molecule has 0 aliphatic carbocycles. The average Bonchev–Trinajstić information content (AvgIpc) is 2.46. The normalized spacial score (nSPS) is 10.1. The molecule has 0 aliphatic heterocycles. The van der Waals surface area contributed by atoms with Crippen molar-refractivity contribution in [1.29, 1.82) is 0 Å². The Kier molecular flexibility index (Phi) is 4.88. The Labute approximate surface area is 134 Å². The Morgan fingerprint density at radius 3 is 2.42 bits per heavy atom. The molecule has 0 spiro atoms. The minimum absolute atomic E-state index is 0.0579. The Morgan fingerprint density at radius 1 is 1.17 bits per heavy atom. The molecule has 0 aliphatic rings. The van der Waals surface area contributed by atoms with Crippen molar-refractivity contribution >= 4 is 22.6 Å². The maximum atomic E-state index is 12.7. The second kappa shape index (κ2) is 6.86. The van der Waals surface area contributed by atoms with E-state index in [1.54, 1.807) is 6.92 Å². The molecule has 6 nitrogen and oxygen atoms in total. The molecule has 0 saturated carbocycles. The van der Waals surface area contributed by atoms with Crippen LogP contribution < -0.4 is 11.3 Å². The van der Waals surface area contributed by atoms with Crippen molar-refractivity contribution < 1.29 is 18.7 Å². The predicted molar refractivity (Wildman–Crippen MR) is 84.8 cm³/mol. The first-order chi connectivity index (χ1) is 11.3. The number of H-pyrrole nitrogens is 1. The number of nitrogen functional groups attached to an aromatic ring is 1. The molecule has 1 aromatic heterocycles. The van der Waals surface area contributed by atoms with E-state index in [0.717, 1.165) is 18.2 Å². The number of carboxylic acids is 1. The van der Waals surface area contributed by atoms with Gasteiger partial charge in [0.1, 0.15) is 17.5 Å². The van der Waals surface area contributed by atoms with E-state index in [1.807, 2.05) is 0 Å². The molecular weight excluding hydrogens is 320 g/mol. The Morgan fingerprint density at radius 2 is 1.79 bits per heavy atom. The minimum Gasteiger partial charge on any atom is -0.478 e. The molecule has 0 amide bonds. The maximum Gasteiger partial charge on any atom is 0.337 e. The molecule has 0 saturated heterocycles. The fourth-order valence-corrected chi connectivity index (χ4v) is 1.96. The van der Waals surface area contributed by atoms with E-state index in [-0.39, 0.29) is 22.6 Å². The number of hydrogen-bond acceptors (Lipinski definition) is 4. The third-order valence-corrected chi connectivity index (χ3v) is 3.03. The second-order valence-corrected chi connectivity index (χ2v) is 4.85. The van der Waals surface area contributed by atoms with Gasteiger partial charge >= 0.3 is 5.97 Å². The summed E-state index contributed by atoms with van der Waals surface area (Å²) >= 11 is 0. The van der Waals surface area contributed by atoms with Gasteiger partial charge in [0.05, 0.1) is 16.5 Å². The van der Waals surface area contributed by atoms with Crippen LogP contribution in [0.3, 0.4) is 0 Å². The lowest BCUT2D eigenvalue weighted by atomic mass is 10.2. The van der Waals surface area contributed by atoms with Crippen molar-refractivity contribution in [3.8, 4) is 0 Å². The Balaban J connectivity index is 0.000000177. The number of fused-ring (bicyclic) bond motifs is 1. The van der Waals surface area contributed by atoms with Crippen LogP contribution in [0.25, 0.3) is 10.9 Å². The number of hydrogen-bond donors (Lipinski definition) is 3. The van der Waals surface area contributed by atoms with Gasteiger partial charge in [0.2, 0.25) is 0 Å². The van der Waals surface area contributed by atoms with Crippen molar-refractivity contribution in [3.05, 3.63) is 69.8 Å². The third-order valence-electron chi connectivity index (χ3n) is 3.03. The largest absolute Gasteiger partial charge is 0.478 e. The van der Waals surface area contributed by atoms with Gasteiger partial charge in [0.25, 0.3) is 5.56 Å². The summed E-state index contributed by atoms with van der Waals surface area (Å²) < 4.78 is 25.1. The Bertz CT molecular complexity index is 965. The fraction of sp³-hybridized carbons (Fsp3) is 0.0625. The summed E-state index contributed by atoms with van der Waals surface area (Å²) in [4.78, 5) is 28.2. The number of nitrogens with one attached hydrogen (secondary N) is 1. The molecule has 4 N–H and O–H groups in total. The van der Waals surface area contributed by atoms with Gasteiger partial charge in [0.15, 0.2) is 0 Å². The van der Waals surface area contributed by atoms with Crippen molar-refractivity contribution in [2.75, 3.05) is 5.73 Å². The molecule has 0 bridgehead atoms. The monoisotopic (exact) mass is 333 g/mol. The zero-order valence-corrected chi connectivity index (χ0v) is 12.5. The highest BCUT2D eigenvalue weighted by molar-refractivity contribution is 5.93. The number of aromatic nitrogens is 2. The number of rotatable bonds is 1. The summed E-state index contributed by atoms with van der Waals surface area (Å²) in [6, 6.07) is 7.08. The van der Waals surface area contributed by atoms with Crippen LogP contribution >= 0.6 is 0 Å². The topological polar surface area (TPSA) is 109 Å². The lowest BCUT2D eigenvalue weighted by molar-refractivity contribution is 0.0698. The van der Waals surface area contributed by atoms with Crippen LogP contribution in [0.1, 0.15) is 16.2 Å². The van der Waals surface area contributed by atoms with Crippen molar-refractivity contribution in [3.63, 3.8) is 0 Å². The molecule has 0 fully saturated rings. The maximum absolute atomic E-state index is 12.7. The predicted octanol–water partition coefficient (Wildman–Crippen LogP) is 2.48. The van der Waals surface area contributed by atoms with Crippen molar-refractivity contribution in [2.45, 2.75) is 6.92 Å². The summed E-state index contributed by atoms with van der Waals surface area (Å²) in [5, 5.41) is 8.86. The van der Waals surface area contributed by atoms with Gasteiger partial charge in [-0.25, -0.2) is 18.6 Å². The van der Waals surface area contributed by atoms with E-state index in [4.69, 9.17) is 10.8 Å². The minimum atomic E-state index is -1.15. The van der Waals surface area contributed by atoms with E-state index >= 15 is 0 Å². The molecule has 0 unspecified atom stereocenters. The van der Waals surface area contributed by atoms with Gasteiger partial charge in [-0.15, -0.1) is 0 Å². The van der Waals surface area contributed by atoms with E-state index in [9.17, 15) is 18.4 Å². The zero-order valence-electron chi connectivity index (χ0n) is 12.5. The lowest BCUT2D eigenvalue weighted by Gasteiger charge is -1.98. The standard InChI is InChI=1S/C9H7FN2O.C7H6FNO2/c1-5-11-8-4-6(10)2-3-7(8)9(13)12-5;8-4-1-2-5(7(10)11)6(9)3-4/h2-4H,1H3,(H,11,12,13);1-3H,9H2,(H,10,11). The Hall–Kier alpha value is -3.29. The first kappa shape index (κ1) is 17.1. The van der Waals surface area contributed by atoms with Gasteiger partial charge in [-0.3, -0.25) is 4.79 Å². The number of halogens is 2. The van der Waals surface area contributed by atoms with E-state index in [0.29, 0.717) is 16.7 Å². The SMILES string of the molecule is Cc1nc2cc(F)ccc2c(=O)[nH]1.Nc1cc(F)ccc1C(=O)O. The molecule has 24 heavy (non-hydrogen) atoms. The van der Waals surface area contributed by atoms with Gasteiger partial charge in [-0.1, -0.05) is 0 Å². The molecule has 8 heteroatoms. The number of nitrogens with zero attached hydrogens (tertiary/aromatic N) is 1. The van der Waals surface area contributed by atoms with Crippen LogP contribution in [0.4, 0.5) is 14.5 Å². The number of nitrogens with two attached hydrogens (primary N) is 1. The molecule has 0 atom stereocenters. The molecule has 0 radical (unpaired) electrons.